The van der Waals surface area contributed by atoms with E-state index in [1.807, 2.05) is 32.0 Å². The Bertz CT molecular complexity index is 812. The molecule has 0 atom stereocenters. The van der Waals surface area contributed by atoms with Crippen LogP contribution in [0, 0.1) is 13.8 Å². The van der Waals surface area contributed by atoms with Crippen molar-refractivity contribution >= 4 is 44.1 Å². The number of benzene rings is 1. The summed E-state index contributed by atoms with van der Waals surface area (Å²) < 4.78 is 6.13. The minimum atomic E-state index is 0.638. The van der Waals surface area contributed by atoms with Crippen molar-refractivity contribution < 1.29 is 4.52 Å². The van der Waals surface area contributed by atoms with E-state index in [-0.39, 0.29) is 0 Å². The Labute approximate surface area is 142 Å². The van der Waals surface area contributed by atoms with Gasteiger partial charge in [0.2, 0.25) is 0 Å². The summed E-state index contributed by atoms with van der Waals surface area (Å²) in [5, 5.41) is 9.06. The fraction of sp³-hybridized carbons (Fsp3) is 0.250. The van der Waals surface area contributed by atoms with Gasteiger partial charge < -0.3 is 9.84 Å². The molecule has 3 aromatic rings. The summed E-state index contributed by atoms with van der Waals surface area (Å²) in [6.45, 7) is 4.69. The second kappa shape index (κ2) is 6.26. The van der Waals surface area contributed by atoms with Gasteiger partial charge in [-0.15, -0.1) is 0 Å². The molecule has 0 saturated heterocycles. The Kier molecular flexibility index (Phi) is 4.36. The van der Waals surface area contributed by atoms with Crippen LogP contribution < -0.4 is 5.32 Å². The van der Waals surface area contributed by atoms with E-state index in [1.165, 1.54) is 0 Å². The summed E-state index contributed by atoms with van der Waals surface area (Å²) >= 11 is 9.73. The Morgan fingerprint density at radius 1 is 1.32 bits per heavy atom. The zero-order valence-corrected chi connectivity index (χ0v) is 14.6. The summed E-state index contributed by atoms with van der Waals surface area (Å²) in [4.78, 5) is 4.35. The topological polar surface area (TPSA) is 51.0 Å². The maximum atomic E-state index is 6.25. The number of nitrogens with one attached hydrogen (secondary N) is 1. The third-order valence-corrected chi connectivity index (χ3v) is 4.38. The van der Waals surface area contributed by atoms with Crippen LogP contribution >= 0.6 is 27.5 Å². The number of rotatable bonds is 4. The van der Waals surface area contributed by atoms with Gasteiger partial charge in [-0.05, 0) is 38.5 Å². The maximum Gasteiger partial charge on any atom is 0.137 e. The van der Waals surface area contributed by atoms with Gasteiger partial charge in [0, 0.05) is 33.9 Å². The van der Waals surface area contributed by atoms with Gasteiger partial charge in [0.05, 0.1) is 16.2 Å². The molecule has 0 spiro atoms. The molecule has 1 N–H and O–H groups in total. The SMILES string of the molecule is Cc1noc(C)c1CCNc1ccnc2c(Cl)cc(Br)cc12. The Morgan fingerprint density at radius 2 is 2.14 bits per heavy atom. The van der Waals surface area contributed by atoms with Gasteiger partial charge in [-0.1, -0.05) is 32.7 Å². The van der Waals surface area contributed by atoms with E-state index in [0.717, 1.165) is 51.0 Å². The van der Waals surface area contributed by atoms with Crippen molar-refractivity contribution in [1.29, 1.82) is 0 Å². The minimum absolute atomic E-state index is 0.638. The predicted octanol–water partition coefficient (Wildman–Crippen LogP) is 4.91. The third kappa shape index (κ3) is 2.96. The van der Waals surface area contributed by atoms with Gasteiger partial charge in [-0.2, -0.15) is 0 Å². The number of halogens is 2. The zero-order valence-electron chi connectivity index (χ0n) is 12.3. The normalized spacial score (nSPS) is 11.1. The third-order valence-electron chi connectivity index (χ3n) is 3.63. The second-order valence-electron chi connectivity index (χ2n) is 5.12. The smallest absolute Gasteiger partial charge is 0.137 e. The van der Waals surface area contributed by atoms with Crippen molar-refractivity contribution in [2.45, 2.75) is 20.3 Å². The molecule has 114 valence electrons. The first-order chi connectivity index (χ1) is 10.6. The molecule has 0 bridgehead atoms. The van der Waals surface area contributed by atoms with Crippen molar-refractivity contribution in [1.82, 2.24) is 10.1 Å². The molecule has 0 aliphatic rings. The molecular formula is C16H15BrClN3O. The molecule has 2 heterocycles. The highest BCUT2D eigenvalue weighted by atomic mass is 79.9. The van der Waals surface area contributed by atoms with Gasteiger partial charge in [0.1, 0.15) is 5.76 Å². The second-order valence-corrected chi connectivity index (χ2v) is 6.44. The molecule has 22 heavy (non-hydrogen) atoms. The lowest BCUT2D eigenvalue weighted by Gasteiger charge is -2.10. The largest absolute Gasteiger partial charge is 0.384 e. The number of aromatic nitrogens is 2. The highest BCUT2D eigenvalue weighted by Gasteiger charge is 2.10. The Hall–Kier alpha value is -1.59. The molecule has 1 aromatic carbocycles. The molecule has 4 nitrogen and oxygen atoms in total. The van der Waals surface area contributed by atoms with E-state index < -0.39 is 0 Å². The van der Waals surface area contributed by atoms with Gasteiger partial charge in [-0.25, -0.2) is 0 Å². The monoisotopic (exact) mass is 379 g/mol. The molecule has 6 heteroatoms. The average Bonchev–Trinajstić information content (AvgIpc) is 2.79. The summed E-state index contributed by atoms with van der Waals surface area (Å²) in [6, 6.07) is 5.83. The van der Waals surface area contributed by atoms with Crippen molar-refractivity contribution in [3.63, 3.8) is 0 Å². The van der Waals surface area contributed by atoms with Gasteiger partial charge >= 0.3 is 0 Å². The van der Waals surface area contributed by atoms with Crippen molar-refractivity contribution in [3.8, 4) is 0 Å². The van der Waals surface area contributed by atoms with Crippen molar-refractivity contribution in [2.24, 2.45) is 0 Å². The fourth-order valence-electron chi connectivity index (χ4n) is 2.51. The van der Waals surface area contributed by atoms with Crippen LogP contribution in [0.15, 0.2) is 33.4 Å². The predicted molar refractivity (Wildman–Crippen MR) is 92.6 cm³/mol. The lowest BCUT2D eigenvalue weighted by atomic mass is 10.1. The number of pyridine rings is 1. The van der Waals surface area contributed by atoms with E-state index in [2.05, 4.69) is 31.4 Å². The van der Waals surface area contributed by atoms with Gasteiger partial charge in [0.25, 0.3) is 0 Å². The molecule has 0 unspecified atom stereocenters. The van der Waals surface area contributed by atoms with E-state index in [4.69, 9.17) is 16.1 Å². The standard InChI is InChI=1S/C16H15BrClN3O/c1-9-12(10(2)22-21-9)3-5-19-15-4-6-20-16-13(15)7-11(17)8-14(16)18/h4,6-8H,3,5H2,1-2H3,(H,19,20). The highest BCUT2D eigenvalue weighted by Crippen LogP contribution is 2.31. The summed E-state index contributed by atoms with van der Waals surface area (Å²) in [7, 11) is 0. The lowest BCUT2D eigenvalue weighted by molar-refractivity contribution is 0.392. The van der Waals surface area contributed by atoms with Crippen molar-refractivity contribution in [3.05, 3.63) is 50.9 Å². The number of anilines is 1. The number of aryl methyl sites for hydroxylation is 2. The van der Waals surface area contributed by atoms with Crippen LogP contribution in [-0.2, 0) is 6.42 Å². The van der Waals surface area contributed by atoms with Crippen LogP contribution in [0.2, 0.25) is 5.02 Å². The molecule has 0 amide bonds. The number of fused-ring (bicyclic) bond motifs is 1. The van der Waals surface area contributed by atoms with Crippen LogP contribution in [0.5, 0.6) is 0 Å². The highest BCUT2D eigenvalue weighted by molar-refractivity contribution is 9.10. The van der Waals surface area contributed by atoms with Crippen LogP contribution in [0.1, 0.15) is 17.0 Å². The van der Waals surface area contributed by atoms with Crippen molar-refractivity contribution in [2.75, 3.05) is 11.9 Å². The Balaban J connectivity index is 1.82. The molecule has 3 rings (SSSR count). The van der Waals surface area contributed by atoms with Crippen LogP contribution in [0.4, 0.5) is 5.69 Å². The molecule has 0 fully saturated rings. The quantitative estimate of drug-likeness (QED) is 0.698. The minimum Gasteiger partial charge on any atom is -0.384 e. The van der Waals surface area contributed by atoms with Crippen LogP contribution in [0.25, 0.3) is 10.9 Å². The first-order valence-electron chi connectivity index (χ1n) is 6.95. The Morgan fingerprint density at radius 3 is 2.86 bits per heavy atom. The van der Waals surface area contributed by atoms with E-state index in [0.29, 0.717) is 5.02 Å². The molecular weight excluding hydrogens is 366 g/mol. The maximum absolute atomic E-state index is 6.25. The summed E-state index contributed by atoms with van der Waals surface area (Å²) in [6.07, 6.45) is 2.62. The molecule has 2 aromatic heterocycles. The lowest BCUT2D eigenvalue weighted by Crippen LogP contribution is -2.06. The average molecular weight is 381 g/mol. The molecule has 0 saturated carbocycles. The zero-order chi connectivity index (χ0) is 15.7. The number of nitrogens with zero attached hydrogens (tertiary/aromatic N) is 2. The van der Waals surface area contributed by atoms with Gasteiger partial charge in [-0.3, -0.25) is 4.98 Å². The first kappa shape index (κ1) is 15.3. The molecule has 0 aliphatic heterocycles. The van der Waals surface area contributed by atoms with E-state index in [9.17, 15) is 0 Å². The van der Waals surface area contributed by atoms with E-state index >= 15 is 0 Å². The fourth-order valence-corrected chi connectivity index (χ4v) is 3.37. The number of hydrogen-bond donors (Lipinski definition) is 1. The van der Waals surface area contributed by atoms with Gasteiger partial charge in [0.15, 0.2) is 0 Å². The first-order valence-corrected chi connectivity index (χ1v) is 8.12. The van der Waals surface area contributed by atoms with Crippen LogP contribution in [-0.4, -0.2) is 16.7 Å². The molecule has 0 radical (unpaired) electrons. The molecule has 0 aliphatic carbocycles. The summed E-state index contributed by atoms with van der Waals surface area (Å²) in [5.41, 5.74) is 3.92. The van der Waals surface area contributed by atoms with Crippen LogP contribution in [0.3, 0.4) is 0 Å². The summed E-state index contributed by atoms with van der Waals surface area (Å²) in [5.74, 6) is 0.879. The van der Waals surface area contributed by atoms with E-state index in [1.54, 1.807) is 6.20 Å². The number of hydrogen-bond acceptors (Lipinski definition) is 4.